The molecule has 1 aromatic carbocycles. The SMILES string of the molecule is CN(Cc1cc(C#N)ccc1F)CC1(N(C)C)CCC1. The Labute approximate surface area is 120 Å². The molecule has 0 unspecified atom stereocenters. The second-order valence-electron chi connectivity index (χ2n) is 6.06. The summed E-state index contributed by atoms with van der Waals surface area (Å²) in [4.78, 5) is 4.44. The van der Waals surface area contributed by atoms with Crippen LogP contribution in [-0.4, -0.2) is 43.0 Å². The second-order valence-corrected chi connectivity index (χ2v) is 6.06. The van der Waals surface area contributed by atoms with Crippen LogP contribution in [0.15, 0.2) is 18.2 Å². The Morgan fingerprint density at radius 2 is 2.00 bits per heavy atom. The fraction of sp³-hybridized carbons (Fsp3) is 0.562. The molecular formula is C16H22FN3. The topological polar surface area (TPSA) is 30.3 Å². The fourth-order valence-corrected chi connectivity index (χ4v) is 2.95. The van der Waals surface area contributed by atoms with Crippen LogP contribution in [0.2, 0.25) is 0 Å². The predicted octanol–water partition coefficient (Wildman–Crippen LogP) is 2.61. The van der Waals surface area contributed by atoms with Crippen molar-refractivity contribution in [3.05, 3.63) is 35.1 Å². The van der Waals surface area contributed by atoms with Crippen molar-refractivity contribution in [1.29, 1.82) is 5.26 Å². The number of hydrogen-bond donors (Lipinski definition) is 0. The van der Waals surface area contributed by atoms with Gasteiger partial charge in [-0.1, -0.05) is 0 Å². The molecule has 20 heavy (non-hydrogen) atoms. The van der Waals surface area contributed by atoms with Gasteiger partial charge in [-0.05, 0) is 58.6 Å². The number of halogens is 1. The monoisotopic (exact) mass is 275 g/mol. The maximum Gasteiger partial charge on any atom is 0.127 e. The van der Waals surface area contributed by atoms with E-state index in [1.807, 2.05) is 7.05 Å². The van der Waals surface area contributed by atoms with E-state index in [-0.39, 0.29) is 11.4 Å². The van der Waals surface area contributed by atoms with Gasteiger partial charge in [0, 0.05) is 24.2 Å². The highest BCUT2D eigenvalue weighted by Gasteiger charge is 2.39. The molecule has 1 fully saturated rings. The molecule has 0 aliphatic heterocycles. The highest BCUT2D eigenvalue weighted by atomic mass is 19.1. The zero-order chi connectivity index (χ0) is 14.8. The van der Waals surface area contributed by atoms with Gasteiger partial charge in [0.05, 0.1) is 11.6 Å². The van der Waals surface area contributed by atoms with Gasteiger partial charge in [0.1, 0.15) is 5.82 Å². The summed E-state index contributed by atoms with van der Waals surface area (Å²) in [6, 6.07) is 6.61. The molecule has 1 aliphatic rings. The van der Waals surface area contributed by atoms with E-state index in [4.69, 9.17) is 5.26 Å². The van der Waals surface area contributed by atoms with Gasteiger partial charge >= 0.3 is 0 Å². The molecule has 0 heterocycles. The summed E-state index contributed by atoms with van der Waals surface area (Å²) in [5.41, 5.74) is 1.35. The molecule has 4 heteroatoms. The van der Waals surface area contributed by atoms with Crippen molar-refractivity contribution in [1.82, 2.24) is 9.80 Å². The summed E-state index contributed by atoms with van der Waals surface area (Å²) < 4.78 is 13.8. The van der Waals surface area contributed by atoms with Gasteiger partial charge < -0.3 is 9.80 Å². The maximum absolute atomic E-state index is 13.8. The molecule has 0 N–H and O–H groups in total. The van der Waals surface area contributed by atoms with Crippen molar-refractivity contribution in [3.8, 4) is 6.07 Å². The van der Waals surface area contributed by atoms with Crippen molar-refractivity contribution in [2.24, 2.45) is 0 Å². The molecule has 1 aliphatic carbocycles. The first-order valence-electron chi connectivity index (χ1n) is 7.01. The van der Waals surface area contributed by atoms with Gasteiger partial charge in [0.25, 0.3) is 0 Å². The van der Waals surface area contributed by atoms with Crippen LogP contribution < -0.4 is 0 Å². The third-order valence-corrected chi connectivity index (χ3v) is 4.41. The summed E-state index contributed by atoms with van der Waals surface area (Å²) in [7, 11) is 6.25. The zero-order valence-corrected chi connectivity index (χ0v) is 12.5. The molecule has 0 amide bonds. The lowest BCUT2D eigenvalue weighted by molar-refractivity contribution is 0.0256. The summed E-state index contributed by atoms with van der Waals surface area (Å²) in [5.74, 6) is -0.233. The molecule has 1 aromatic rings. The van der Waals surface area contributed by atoms with Crippen molar-refractivity contribution in [2.75, 3.05) is 27.7 Å². The first-order valence-corrected chi connectivity index (χ1v) is 7.01. The highest BCUT2D eigenvalue weighted by Crippen LogP contribution is 2.36. The molecular weight excluding hydrogens is 253 g/mol. The Morgan fingerprint density at radius 1 is 1.30 bits per heavy atom. The van der Waals surface area contributed by atoms with Crippen molar-refractivity contribution in [3.63, 3.8) is 0 Å². The minimum Gasteiger partial charge on any atom is -0.302 e. The lowest BCUT2D eigenvalue weighted by atomic mass is 9.75. The molecule has 108 valence electrons. The molecule has 0 spiro atoms. The molecule has 3 nitrogen and oxygen atoms in total. The molecule has 1 saturated carbocycles. The van der Waals surface area contributed by atoms with Crippen LogP contribution in [0.5, 0.6) is 0 Å². The Kier molecular flexibility index (Phi) is 4.42. The maximum atomic E-state index is 13.8. The smallest absolute Gasteiger partial charge is 0.127 e. The van der Waals surface area contributed by atoms with Gasteiger partial charge in [0.2, 0.25) is 0 Å². The van der Waals surface area contributed by atoms with Crippen LogP contribution in [0, 0.1) is 17.1 Å². The van der Waals surface area contributed by atoms with Gasteiger partial charge in [-0.15, -0.1) is 0 Å². The first kappa shape index (κ1) is 15.0. The van der Waals surface area contributed by atoms with Crippen LogP contribution in [0.3, 0.4) is 0 Å². The molecule has 2 rings (SSSR count). The number of nitriles is 1. The van der Waals surface area contributed by atoms with Crippen molar-refractivity contribution in [2.45, 2.75) is 31.3 Å². The zero-order valence-electron chi connectivity index (χ0n) is 12.5. The molecule has 0 saturated heterocycles. The van der Waals surface area contributed by atoms with Gasteiger partial charge in [-0.25, -0.2) is 4.39 Å². The number of rotatable bonds is 5. The normalized spacial score (nSPS) is 17.1. The average Bonchev–Trinajstić information content (AvgIpc) is 2.36. The highest BCUT2D eigenvalue weighted by molar-refractivity contribution is 5.33. The van der Waals surface area contributed by atoms with Crippen LogP contribution >= 0.6 is 0 Å². The Bertz CT molecular complexity index is 515. The van der Waals surface area contributed by atoms with E-state index in [9.17, 15) is 4.39 Å². The minimum absolute atomic E-state index is 0.233. The molecule has 0 bridgehead atoms. The summed E-state index contributed by atoms with van der Waals surface area (Å²) in [6.07, 6.45) is 3.67. The number of hydrogen-bond acceptors (Lipinski definition) is 3. The average molecular weight is 275 g/mol. The van der Waals surface area contributed by atoms with Crippen LogP contribution in [-0.2, 0) is 6.54 Å². The first-order chi connectivity index (χ1) is 9.47. The van der Waals surface area contributed by atoms with Crippen molar-refractivity contribution < 1.29 is 4.39 Å². The Balaban J connectivity index is 2.05. The molecule has 0 atom stereocenters. The summed E-state index contributed by atoms with van der Waals surface area (Å²) in [6.45, 7) is 1.47. The third kappa shape index (κ3) is 3.00. The quantitative estimate of drug-likeness (QED) is 0.827. The fourth-order valence-electron chi connectivity index (χ4n) is 2.95. The van der Waals surface area contributed by atoms with Gasteiger partial charge in [-0.2, -0.15) is 5.26 Å². The Hall–Kier alpha value is -1.44. The standard InChI is InChI=1S/C16H22FN3/c1-19(2)16(7-4-8-16)12-20(3)11-14-9-13(10-18)5-6-15(14)17/h5-6,9H,4,7-8,11-12H2,1-3H3. The van der Waals surface area contributed by atoms with E-state index in [1.54, 1.807) is 6.07 Å². The lowest BCUT2D eigenvalue weighted by Crippen LogP contribution is -2.56. The van der Waals surface area contributed by atoms with Crippen LogP contribution in [0.4, 0.5) is 4.39 Å². The minimum atomic E-state index is -0.233. The predicted molar refractivity (Wildman–Crippen MR) is 77.7 cm³/mol. The van der Waals surface area contributed by atoms with E-state index >= 15 is 0 Å². The summed E-state index contributed by atoms with van der Waals surface area (Å²) in [5, 5.41) is 8.90. The summed E-state index contributed by atoms with van der Waals surface area (Å²) >= 11 is 0. The van der Waals surface area contributed by atoms with E-state index in [1.165, 1.54) is 31.4 Å². The Morgan fingerprint density at radius 3 is 2.50 bits per heavy atom. The number of benzene rings is 1. The third-order valence-electron chi connectivity index (χ3n) is 4.41. The number of likely N-dealkylation sites (N-methyl/N-ethyl adjacent to an activating group) is 2. The second kappa shape index (κ2) is 5.90. The van der Waals surface area contributed by atoms with Gasteiger partial charge in [0.15, 0.2) is 0 Å². The largest absolute Gasteiger partial charge is 0.302 e. The lowest BCUT2D eigenvalue weighted by Gasteiger charge is -2.49. The van der Waals surface area contributed by atoms with Crippen LogP contribution in [0.25, 0.3) is 0 Å². The number of nitrogens with zero attached hydrogens (tertiary/aromatic N) is 3. The van der Waals surface area contributed by atoms with Crippen LogP contribution in [0.1, 0.15) is 30.4 Å². The van der Waals surface area contributed by atoms with Gasteiger partial charge in [-0.3, -0.25) is 0 Å². The van der Waals surface area contributed by atoms with E-state index < -0.39 is 0 Å². The molecule has 0 aromatic heterocycles. The van der Waals surface area contributed by atoms with E-state index in [0.29, 0.717) is 17.7 Å². The van der Waals surface area contributed by atoms with E-state index in [2.05, 4.69) is 30.0 Å². The van der Waals surface area contributed by atoms with E-state index in [0.717, 1.165) is 6.54 Å². The molecule has 0 radical (unpaired) electrons. The van der Waals surface area contributed by atoms with Crippen molar-refractivity contribution >= 4 is 0 Å².